The van der Waals surface area contributed by atoms with Gasteiger partial charge in [-0.2, -0.15) is 0 Å². The zero-order chi connectivity index (χ0) is 17.5. The minimum absolute atomic E-state index is 0.0357. The van der Waals surface area contributed by atoms with Crippen LogP contribution < -0.4 is 4.74 Å². The first kappa shape index (κ1) is 17.9. The van der Waals surface area contributed by atoms with Crippen LogP contribution in [0.25, 0.3) is 0 Å². The SMILES string of the molecule is COCC(C)N(C)C(=O)c1ccc(OCc2cccc(F)c2)nc1. The minimum Gasteiger partial charge on any atom is -0.473 e. The van der Waals surface area contributed by atoms with Crippen LogP contribution in [0.4, 0.5) is 4.39 Å². The van der Waals surface area contributed by atoms with E-state index in [1.165, 1.54) is 18.3 Å². The fraction of sp³-hybridized carbons (Fsp3) is 0.333. The Labute approximate surface area is 141 Å². The van der Waals surface area contributed by atoms with Gasteiger partial charge in [-0.15, -0.1) is 0 Å². The van der Waals surface area contributed by atoms with Crippen molar-refractivity contribution in [2.45, 2.75) is 19.6 Å². The van der Waals surface area contributed by atoms with Gasteiger partial charge in [0.1, 0.15) is 12.4 Å². The maximum atomic E-state index is 13.1. The number of pyridine rings is 1. The average Bonchev–Trinajstić information content (AvgIpc) is 2.59. The van der Waals surface area contributed by atoms with E-state index in [1.54, 1.807) is 43.3 Å². The van der Waals surface area contributed by atoms with Gasteiger partial charge in [-0.25, -0.2) is 9.37 Å². The Morgan fingerprint density at radius 2 is 2.12 bits per heavy atom. The largest absolute Gasteiger partial charge is 0.473 e. The van der Waals surface area contributed by atoms with Crippen molar-refractivity contribution in [1.29, 1.82) is 0 Å². The molecular weight excluding hydrogens is 311 g/mol. The third-order valence-corrected chi connectivity index (χ3v) is 3.65. The summed E-state index contributed by atoms with van der Waals surface area (Å²) in [4.78, 5) is 18.1. The van der Waals surface area contributed by atoms with Crippen molar-refractivity contribution in [2.24, 2.45) is 0 Å². The Hall–Kier alpha value is -2.47. The minimum atomic E-state index is -0.307. The lowest BCUT2D eigenvalue weighted by molar-refractivity contribution is 0.0633. The van der Waals surface area contributed by atoms with Crippen molar-refractivity contribution in [2.75, 3.05) is 20.8 Å². The summed E-state index contributed by atoms with van der Waals surface area (Å²) in [6.45, 7) is 2.58. The fourth-order valence-corrected chi connectivity index (χ4v) is 2.13. The second-order valence-electron chi connectivity index (χ2n) is 5.52. The molecule has 0 aliphatic carbocycles. The summed E-state index contributed by atoms with van der Waals surface area (Å²) in [7, 11) is 3.32. The molecule has 1 aromatic heterocycles. The van der Waals surface area contributed by atoms with Crippen molar-refractivity contribution < 1.29 is 18.7 Å². The van der Waals surface area contributed by atoms with Gasteiger partial charge in [-0.1, -0.05) is 12.1 Å². The smallest absolute Gasteiger partial charge is 0.255 e. The highest BCUT2D eigenvalue weighted by molar-refractivity contribution is 5.94. The molecule has 0 radical (unpaired) electrons. The van der Waals surface area contributed by atoms with Gasteiger partial charge >= 0.3 is 0 Å². The van der Waals surface area contributed by atoms with E-state index in [4.69, 9.17) is 9.47 Å². The molecule has 5 nitrogen and oxygen atoms in total. The maximum absolute atomic E-state index is 13.1. The molecule has 1 unspecified atom stereocenters. The standard InChI is InChI=1S/C18H21FN2O3/c1-13(11-23-3)21(2)18(22)15-7-8-17(20-10-15)24-12-14-5-4-6-16(19)9-14/h4-10,13H,11-12H2,1-3H3. The molecule has 2 rings (SSSR count). The molecule has 24 heavy (non-hydrogen) atoms. The second kappa shape index (κ2) is 8.40. The molecule has 0 N–H and O–H groups in total. The molecule has 128 valence electrons. The highest BCUT2D eigenvalue weighted by atomic mass is 19.1. The molecule has 1 atom stereocenters. The Morgan fingerprint density at radius 3 is 2.75 bits per heavy atom. The van der Waals surface area contributed by atoms with E-state index in [0.29, 0.717) is 23.6 Å². The molecular formula is C18H21FN2O3. The molecule has 6 heteroatoms. The van der Waals surface area contributed by atoms with Gasteiger partial charge < -0.3 is 14.4 Å². The zero-order valence-electron chi connectivity index (χ0n) is 14.0. The summed E-state index contributed by atoms with van der Waals surface area (Å²) in [5.74, 6) is -0.0645. The van der Waals surface area contributed by atoms with E-state index in [0.717, 1.165) is 0 Å². The second-order valence-corrected chi connectivity index (χ2v) is 5.52. The van der Waals surface area contributed by atoms with Crippen molar-refractivity contribution >= 4 is 5.91 Å². The first-order chi connectivity index (χ1) is 11.5. The van der Waals surface area contributed by atoms with Crippen molar-refractivity contribution in [3.63, 3.8) is 0 Å². The first-order valence-corrected chi connectivity index (χ1v) is 7.60. The van der Waals surface area contributed by atoms with Crippen molar-refractivity contribution in [3.05, 3.63) is 59.5 Å². The summed E-state index contributed by atoms with van der Waals surface area (Å²) in [5.41, 5.74) is 1.18. The molecule has 2 aromatic rings. The molecule has 0 saturated carbocycles. The Kier molecular flexibility index (Phi) is 6.26. The molecule has 0 saturated heterocycles. The number of carbonyl (C=O) groups excluding carboxylic acids is 1. The number of halogens is 1. The van der Waals surface area contributed by atoms with Crippen LogP contribution in [0.2, 0.25) is 0 Å². The van der Waals surface area contributed by atoms with Crippen LogP contribution in [0.5, 0.6) is 5.88 Å². The van der Waals surface area contributed by atoms with Gasteiger partial charge in [0.25, 0.3) is 5.91 Å². The number of hydrogen-bond donors (Lipinski definition) is 0. The van der Waals surface area contributed by atoms with Crippen LogP contribution in [0, 0.1) is 5.82 Å². The topological polar surface area (TPSA) is 51.7 Å². The van der Waals surface area contributed by atoms with Gasteiger partial charge in [-0.3, -0.25) is 4.79 Å². The quantitative estimate of drug-likeness (QED) is 0.782. The lowest BCUT2D eigenvalue weighted by Gasteiger charge is -2.24. The number of rotatable bonds is 7. The summed E-state index contributed by atoms with van der Waals surface area (Å²) in [6.07, 6.45) is 1.47. The Morgan fingerprint density at radius 1 is 1.33 bits per heavy atom. The highest BCUT2D eigenvalue weighted by Crippen LogP contribution is 2.13. The molecule has 1 amide bonds. The van der Waals surface area contributed by atoms with Crippen LogP contribution >= 0.6 is 0 Å². The molecule has 0 aliphatic heterocycles. The number of ether oxygens (including phenoxy) is 2. The van der Waals surface area contributed by atoms with Gasteiger partial charge in [0.15, 0.2) is 0 Å². The number of amides is 1. The number of nitrogens with zero attached hydrogens (tertiary/aromatic N) is 2. The van der Waals surface area contributed by atoms with Gasteiger partial charge in [-0.05, 0) is 30.7 Å². The Bertz CT molecular complexity index is 676. The predicted molar refractivity (Wildman–Crippen MR) is 88.4 cm³/mol. The lowest BCUT2D eigenvalue weighted by Crippen LogP contribution is -2.37. The predicted octanol–water partition coefficient (Wildman–Crippen LogP) is 2.91. The maximum Gasteiger partial charge on any atom is 0.255 e. The van der Waals surface area contributed by atoms with Gasteiger partial charge in [0.2, 0.25) is 5.88 Å². The molecule has 0 aliphatic rings. The normalized spacial score (nSPS) is 11.8. The Balaban J connectivity index is 1.96. The van der Waals surface area contributed by atoms with E-state index in [9.17, 15) is 9.18 Å². The van der Waals surface area contributed by atoms with Gasteiger partial charge in [0.05, 0.1) is 18.2 Å². The number of carbonyl (C=O) groups is 1. The number of likely N-dealkylation sites (N-methyl/N-ethyl adjacent to an activating group) is 1. The molecule has 0 fully saturated rings. The van der Waals surface area contributed by atoms with E-state index >= 15 is 0 Å². The van der Waals surface area contributed by atoms with Crippen LogP contribution in [0.1, 0.15) is 22.8 Å². The van der Waals surface area contributed by atoms with Crippen LogP contribution in [-0.4, -0.2) is 42.6 Å². The average molecular weight is 332 g/mol. The van der Waals surface area contributed by atoms with Crippen LogP contribution in [0.15, 0.2) is 42.6 Å². The highest BCUT2D eigenvalue weighted by Gasteiger charge is 2.17. The fourth-order valence-electron chi connectivity index (χ4n) is 2.13. The zero-order valence-corrected chi connectivity index (χ0v) is 14.0. The van der Waals surface area contributed by atoms with E-state index in [1.807, 2.05) is 6.92 Å². The van der Waals surface area contributed by atoms with Crippen LogP contribution in [0.3, 0.4) is 0 Å². The molecule has 1 aromatic carbocycles. The molecule has 1 heterocycles. The summed E-state index contributed by atoms with van der Waals surface area (Å²) in [6, 6.07) is 9.43. The third kappa shape index (κ3) is 4.76. The van der Waals surface area contributed by atoms with E-state index in [2.05, 4.69) is 4.98 Å². The molecule has 0 bridgehead atoms. The van der Waals surface area contributed by atoms with E-state index in [-0.39, 0.29) is 24.4 Å². The van der Waals surface area contributed by atoms with Crippen molar-refractivity contribution in [1.82, 2.24) is 9.88 Å². The van der Waals surface area contributed by atoms with Crippen LogP contribution in [-0.2, 0) is 11.3 Å². The summed E-state index contributed by atoms with van der Waals surface area (Å²) < 4.78 is 23.7. The summed E-state index contributed by atoms with van der Waals surface area (Å²) >= 11 is 0. The number of benzene rings is 1. The van der Waals surface area contributed by atoms with Crippen molar-refractivity contribution in [3.8, 4) is 5.88 Å². The number of aromatic nitrogens is 1. The van der Waals surface area contributed by atoms with E-state index < -0.39 is 0 Å². The lowest BCUT2D eigenvalue weighted by atomic mass is 10.2. The summed E-state index contributed by atoms with van der Waals surface area (Å²) in [5, 5.41) is 0. The van der Waals surface area contributed by atoms with Gasteiger partial charge in [0, 0.05) is 26.4 Å². The molecule has 0 spiro atoms. The monoisotopic (exact) mass is 332 g/mol. The third-order valence-electron chi connectivity index (χ3n) is 3.65. The number of hydrogen-bond acceptors (Lipinski definition) is 4. The number of methoxy groups -OCH3 is 1. The first-order valence-electron chi connectivity index (χ1n) is 7.60.